The van der Waals surface area contributed by atoms with Crippen molar-refractivity contribution < 1.29 is 4.79 Å². The smallest absolute Gasteiger partial charge is 0.163 e. The van der Waals surface area contributed by atoms with Gasteiger partial charge in [-0.25, -0.2) is 0 Å². The number of carbonyl (C=O) groups excluding carboxylic acids is 1. The first kappa shape index (κ1) is 12.2. The van der Waals surface area contributed by atoms with Crippen LogP contribution in [0.4, 0.5) is 5.69 Å². The summed E-state index contributed by atoms with van der Waals surface area (Å²) in [6.07, 6.45) is 1.70. The molecule has 17 heavy (non-hydrogen) atoms. The van der Waals surface area contributed by atoms with Crippen LogP contribution in [0.3, 0.4) is 0 Å². The zero-order chi connectivity index (χ0) is 12.4. The van der Waals surface area contributed by atoms with Crippen molar-refractivity contribution in [2.24, 2.45) is 0 Å². The lowest BCUT2D eigenvalue weighted by Crippen LogP contribution is -2.23. The van der Waals surface area contributed by atoms with Gasteiger partial charge in [-0.2, -0.15) is 0 Å². The third-order valence-corrected chi connectivity index (χ3v) is 3.80. The zero-order valence-corrected chi connectivity index (χ0v) is 11.0. The van der Waals surface area contributed by atoms with E-state index in [1.807, 2.05) is 6.07 Å². The Hall–Kier alpha value is -1.31. The van der Waals surface area contributed by atoms with Gasteiger partial charge >= 0.3 is 0 Å². The van der Waals surface area contributed by atoms with E-state index in [1.54, 1.807) is 0 Å². The average molecular weight is 231 g/mol. The van der Waals surface area contributed by atoms with Crippen LogP contribution in [0.1, 0.15) is 55.5 Å². The van der Waals surface area contributed by atoms with Crippen molar-refractivity contribution in [2.75, 3.05) is 18.0 Å². The maximum Gasteiger partial charge on any atom is 0.163 e. The second-order valence-electron chi connectivity index (χ2n) is 4.81. The molecule has 0 N–H and O–H groups in total. The van der Waals surface area contributed by atoms with Crippen LogP contribution in [0.25, 0.3) is 0 Å². The summed E-state index contributed by atoms with van der Waals surface area (Å²) in [5, 5.41) is 0. The Morgan fingerprint density at radius 3 is 2.65 bits per heavy atom. The van der Waals surface area contributed by atoms with E-state index in [0.717, 1.165) is 25.1 Å². The second kappa shape index (κ2) is 4.91. The molecule has 0 saturated carbocycles. The first-order valence-electron chi connectivity index (χ1n) is 6.59. The lowest BCUT2D eigenvalue weighted by atomic mass is 9.83. The molecule has 1 aromatic carbocycles. The molecule has 0 aromatic heterocycles. The van der Waals surface area contributed by atoms with Crippen molar-refractivity contribution >= 4 is 11.5 Å². The molecule has 0 radical (unpaired) electrons. The van der Waals surface area contributed by atoms with Crippen molar-refractivity contribution in [1.29, 1.82) is 0 Å². The normalized spacial score (nSPS) is 19.0. The van der Waals surface area contributed by atoms with Gasteiger partial charge < -0.3 is 4.90 Å². The fourth-order valence-electron chi connectivity index (χ4n) is 2.63. The van der Waals surface area contributed by atoms with Gasteiger partial charge in [0.1, 0.15) is 0 Å². The molecule has 2 nitrogen and oxygen atoms in total. The molecule has 2 heteroatoms. The van der Waals surface area contributed by atoms with E-state index in [2.05, 4.69) is 37.8 Å². The summed E-state index contributed by atoms with van der Waals surface area (Å²) < 4.78 is 0. The summed E-state index contributed by atoms with van der Waals surface area (Å²) in [7, 11) is 0. The number of anilines is 1. The number of ketones is 1. The minimum absolute atomic E-state index is 0.309. The molecule has 0 heterocycles. The summed E-state index contributed by atoms with van der Waals surface area (Å²) in [4.78, 5) is 14.2. The number of hydrogen-bond acceptors (Lipinski definition) is 2. The van der Waals surface area contributed by atoms with E-state index in [-0.39, 0.29) is 0 Å². The van der Waals surface area contributed by atoms with Crippen LogP contribution in [-0.2, 0) is 0 Å². The van der Waals surface area contributed by atoms with Crippen LogP contribution in [0.15, 0.2) is 18.2 Å². The topological polar surface area (TPSA) is 20.3 Å². The molecule has 0 spiro atoms. The summed E-state index contributed by atoms with van der Waals surface area (Å²) in [5.41, 5.74) is 3.43. The standard InChI is InChI=1S/C15H21NO/c1-4-16(5-2)12-7-8-13-14(10-12)11(3)6-9-15(13)17/h7-8,10-11H,4-6,9H2,1-3H3. The lowest BCUT2D eigenvalue weighted by Gasteiger charge is -2.26. The van der Waals surface area contributed by atoms with Crippen LogP contribution in [-0.4, -0.2) is 18.9 Å². The van der Waals surface area contributed by atoms with Crippen LogP contribution < -0.4 is 4.90 Å². The van der Waals surface area contributed by atoms with Gasteiger partial charge in [0.05, 0.1) is 0 Å². The predicted molar refractivity (Wildman–Crippen MR) is 72.0 cm³/mol. The summed E-state index contributed by atoms with van der Waals surface area (Å²) in [5.74, 6) is 0.822. The maximum atomic E-state index is 11.8. The molecule has 1 unspecified atom stereocenters. The molecule has 1 aromatic rings. The molecule has 1 aliphatic rings. The Labute approximate surface area is 104 Å². The highest BCUT2D eigenvalue weighted by Gasteiger charge is 2.23. The first-order valence-corrected chi connectivity index (χ1v) is 6.59. The first-order chi connectivity index (χ1) is 8.17. The number of Topliss-reactive ketones (excluding diaryl/α,β-unsaturated/α-hetero) is 1. The highest BCUT2D eigenvalue weighted by Crippen LogP contribution is 2.33. The number of rotatable bonds is 3. The molecule has 0 bridgehead atoms. The van der Waals surface area contributed by atoms with Gasteiger partial charge in [-0.05, 0) is 49.9 Å². The van der Waals surface area contributed by atoms with Crippen molar-refractivity contribution in [2.45, 2.75) is 39.5 Å². The van der Waals surface area contributed by atoms with Gasteiger partial charge in [-0.3, -0.25) is 4.79 Å². The highest BCUT2D eigenvalue weighted by atomic mass is 16.1. The summed E-state index contributed by atoms with van der Waals surface area (Å²) in [6, 6.07) is 6.31. The summed E-state index contributed by atoms with van der Waals surface area (Å²) >= 11 is 0. The monoisotopic (exact) mass is 231 g/mol. The fraction of sp³-hybridized carbons (Fsp3) is 0.533. The van der Waals surface area contributed by atoms with E-state index >= 15 is 0 Å². The maximum absolute atomic E-state index is 11.8. The minimum Gasteiger partial charge on any atom is -0.372 e. The van der Waals surface area contributed by atoms with E-state index in [1.165, 1.54) is 11.3 Å². The van der Waals surface area contributed by atoms with Crippen LogP contribution in [0.5, 0.6) is 0 Å². The predicted octanol–water partition coefficient (Wildman–Crippen LogP) is 3.61. The Balaban J connectivity index is 2.41. The molecular formula is C15H21NO. The molecule has 0 saturated heterocycles. The Bertz CT molecular complexity index is 421. The molecule has 2 rings (SSSR count). The number of fused-ring (bicyclic) bond motifs is 1. The van der Waals surface area contributed by atoms with Crippen molar-refractivity contribution in [3.05, 3.63) is 29.3 Å². The molecule has 92 valence electrons. The summed E-state index contributed by atoms with van der Waals surface area (Å²) in [6.45, 7) is 8.57. The van der Waals surface area contributed by atoms with Gasteiger partial charge in [0.2, 0.25) is 0 Å². The SMILES string of the molecule is CCN(CC)c1ccc2c(c1)C(C)CCC2=O. The zero-order valence-electron chi connectivity index (χ0n) is 11.0. The number of carbonyl (C=O) groups is 1. The quantitative estimate of drug-likeness (QED) is 0.792. The van der Waals surface area contributed by atoms with E-state index in [9.17, 15) is 4.79 Å². The van der Waals surface area contributed by atoms with Crippen molar-refractivity contribution in [3.8, 4) is 0 Å². The number of benzene rings is 1. The molecule has 1 aliphatic carbocycles. The Morgan fingerprint density at radius 2 is 2.00 bits per heavy atom. The van der Waals surface area contributed by atoms with E-state index < -0.39 is 0 Å². The number of hydrogen-bond donors (Lipinski definition) is 0. The third kappa shape index (κ3) is 2.21. The van der Waals surface area contributed by atoms with Crippen molar-refractivity contribution in [3.63, 3.8) is 0 Å². The minimum atomic E-state index is 0.309. The lowest BCUT2D eigenvalue weighted by molar-refractivity contribution is 0.0968. The molecule has 1 atom stereocenters. The van der Waals surface area contributed by atoms with Gasteiger partial charge in [-0.15, -0.1) is 0 Å². The van der Waals surface area contributed by atoms with Crippen LogP contribution >= 0.6 is 0 Å². The van der Waals surface area contributed by atoms with Crippen molar-refractivity contribution in [1.82, 2.24) is 0 Å². The third-order valence-electron chi connectivity index (χ3n) is 3.80. The van der Waals surface area contributed by atoms with Gasteiger partial charge in [0.25, 0.3) is 0 Å². The highest BCUT2D eigenvalue weighted by molar-refractivity contribution is 5.99. The van der Waals surface area contributed by atoms with Crippen LogP contribution in [0.2, 0.25) is 0 Å². The van der Waals surface area contributed by atoms with Gasteiger partial charge in [-0.1, -0.05) is 6.92 Å². The number of nitrogens with zero attached hydrogens (tertiary/aromatic N) is 1. The molecule has 0 fully saturated rings. The van der Waals surface area contributed by atoms with Gasteiger partial charge in [0, 0.05) is 30.8 Å². The Morgan fingerprint density at radius 1 is 1.29 bits per heavy atom. The van der Waals surface area contributed by atoms with E-state index in [0.29, 0.717) is 18.1 Å². The van der Waals surface area contributed by atoms with Crippen LogP contribution in [0, 0.1) is 0 Å². The van der Waals surface area contributed by atoms with Gasteiger partial charge in [0.15, 0.2) is 5.78 Å². The molecule has 0 aliphatic heterocycles. The average Bonchev–Trinajstić information content (AvgIpc) is 2.36. The fourth-order valence-corrected chi connectivity index (χ4v) is 2.63. The second-order valence-corrected chi connectivity index (χ2v) is 4.81. The van der Waals surface area contributed by atoms with E-state index in [4.69, 9.17) is 0 Å². The largest absolute Gasteiger partial charge is 0.372 e. The molecule has 0 amide bonds. The Kier molecular flexibility index (Phi) is 3.51. The molecular weight excluding hydrogens is 210 g/mol.